The van der Waals surface area contributed by atoms with Gasteiger partial charge in [0.25, 0.3) is 5.69 Å². The Hall–Kier alpha value is -0.940. The third-order valence-corrected chi connectivity index (χ3v) is 4.42. The molecular weight excluding hydrogens is 329 g/mol. The van der Waals surface area contributed by atoms with Crippen molar-refractivity contribution in [2.45, 2.75) is 9.79 Å². The molecule has 2 rings (SSSR count). The Balaban J connectivity index is 2.29. The second-order valence-electron chi connectivity index (χ2n) is 3.55. The average Bonchev–Trinajstić information content (AvgIpc) is 2.34. The maximum atomic E-state index is 10.6. The lowest BCUT2D eigenvalue weighted by atomic mass is 10.3. The summed E-state index contributed by atoms with van der Waals surface area (Å²) < 4.78 is 0. The molecule has 2 aromatic carbocycles. The quantitative estimate of drug-likeness (QED) is 0.533. The third kappa shape index (κ3) is 3.54. The van der Waals surface area contributed by atoms with Crippen molar-refractivity contribution in [2.24, 2.45) is 0 Å². The van der Waals surface area contributed by atoms with Crippen molar-refractivity contribution in [3.8, 4) is 0 Å². The molecule has 0 radical (unpaired) electrons. The van der Waals surface area contributed by atoms with E-state index < -0.39 is 4.92 Å². The van der Waals surface area contributed by atoms with Crippen molar-refractivity contribution in [2.75, 3.05) is 0 Å². The van der Waals surface area contributed by atoms with Gasteiger partial charge in [-0.15, -0.1) is 0 Å². The van der Waals surface area contributed by atoms with Crippen LogP contribution in [0.4, 0.5) is 5.69 Å². The molecule has 3 nitrogen and oxygen atoms in total. The van der Waals surface area contributed by atoms with Gasteiger partial charge in [0.05, 0.1) is 15.0 Å². The van der Waals surface area contributed by atoms with Crippen LogP contribution >= 0.6 is 46.6 Å². The van der Waals surface area contributed by atoms with Crippen molar-refractivity contribution in [3.63, 3.8) is 0 Å². The SMILES string of the molecule is O=[N+]([O-])c1ccc(Sc2c(Cl)cc(Cl)cc2Cl)cc1. The Morgan fingerprint density at radius 2 is 1.53 bits per heavy atom. The van der Waals surface area contributed by atoms with Crippen LogP contribution in [0.1, 0.15) is 0 Å². The molecule has 0 heterocycles. The van der Waals surface area contributed by atoms with E-state index in [2.05, 4.69) is 0 Å². The van der Waals surface area contributed by atoms with E-state index in [0.29, 0.717) is 20.0 Å². The molecule has 0 aliphatic rings. The first-order valence-electron chi connectivity index (χ1n) is 5.04. The summed E-state index contributed by atoms with van der Waals surface area (Å²) in [6.07, 6.45) is 0. The van der Waals surface area contributed by atoms with Crippen molar-refractivity contribution < 1.29 is 4.92 Å². The summed E-state index contributed by atoms with van der Waals surface area (Å²) in [6, 6.07) is 9.35. The minimum Gasteiger partial charge on any atom is -0.258 e. The molecule has 0 atom stereocenters. The first kappa shape index (κ1) is 14.5. The summed E-state index contributed by atoms with van der Waals surface area (Å²) in [5.41, 5.74) is 0.0395. The first-order valence-corrected chi connectivity index (χ1v) is 6.99. The van der Waals surface area contributed by atoms with Gasteiger partial charge in [-0.3, -0.25) is 10.1 Å². The highest BCUT2D eigenvalue weighted by atomic mass is 35.5. The predicted octanol–water partition coefficient (Wildman–Crippen LogP) is 5.71. The van der Waals surface area contributed by atoms with Crippen LogP contribution < -0.4 is 0 Å². The molecule has 0 aromatic heterocycles. The zero-order chi connectivity index (χ0) is 14.0. The maximum Gasteiger partial charge on any atom is 0.269 e. The van der Waals surface area contributed by atoms with Crippen molar-refractivity contribution in [1.29, 1.82) is 0 Å². The lowest BCUT2D eigenvalue weighted by molar-refractivity contribution is -0.384. The number of hydrogen-bond acceptors (Lipinski definition) is 3. The molecule has 0 spiro atoms. The summed E-state index contributed by atoms with van der Waals surface area (Å²) in [5, 5.41) is 11.9. The van der Waals surface area contributed by atoms with Gasteiger partial charge in [-0.1, -0.05) is 46.6 Å². The predicted molar refractivity (Wildman–Crippen MR) is 78.7 cm³/mol. The highest BCUT2D eigenvalue weighted by Crippen LogP contribution is 2.40. The second kappa shape index (κ2) is 6.01. The highest BCUT2D eigenvalue weighted by molar-refractivity contribution is 7.99. The van der Waals surface area contributed by atoms with Gasteiger partial charge >= 0.3 is 0 Å². The second-order valence-corrected chi connectivity index (χ2v) is 5.89. The minimum atomic E-state index is -0.448. The monoisotopic (exact) mass is 333 g/mol. The van der Waals surface area contributed by atoms with E-state index in [1.54, 1.807) is 24.3 Å². The molecule has 2 aromatic rings. The summed E-state index contributed by atoms with van der Waals surface area (Å²) >= 11 is 19.3. The van der Waals surface area contributed by atoms with Gasteiger partial charge in [0, 0.05) is 26.9 Å². The van der Waals surface area contributed by atoms with Gasteiger partial charge in [-0.2, -0.15) is 0 Å². The largest absolute Gasteiger partial charge is 0.269 e. The van der Waals surface area contributed by atoms with E-state index in [9.17, 15) is 10.1 Å². The number of hydrogen-bond donors (Lipinski definition) is 0. The molecule has 0 aliphatic heterocycles. The van der Waals surface area contributed by atoms with Crippen LogP contribution in [0, 0.1) is 10.1 Å². The lowest BCUT2D eigenvalue weighted by Crippen LogP contribution is -1.86. The van der Waals surface area contributed by atoms with Crippen molar-refractivity contribution >= 4 is 52.3 Å². The molecule has 0 N–H and O–H groups in total. The van der Waals surface area contributed by atoms with E-state index >= 15 is 0 Å². The van der Waals surface area contributed by atoms with Crippen LogP contribution in [0.3, 0.4) is 0 Å². The average molecular weight is 335 g/mol. The Morgan fingerprint density at radius 1 is 1.00 bits per heavy atom. The molecule has 0 aliphatic carbocycles. The van der Waals surface area contributed by atoms with Crippen LogP contribution in [0.25, 0.3) is 0 Å². The van der Waals surface area contributed by atoms with E-state index in [1.807, 2.05) is 0 Å². The molecule has 0 amide bonds. The van der Waals surface area contributed by atoms with E-state index in [4.69, 9.17) is 34.8 Å². The smallest absolute Gasteiger partial charge is 0.258 e. The number of non-ortho nitro benzene ring substituents is 1. The number of benzene rings is 2. The van der Waals surface area contributed by atoms with E-state index in [1.165, 1.54) is 23.9 Å². The normalized spacial score (nSPS) is 10.5. The van der Waals surface area contributed by atoms with E-state index in [0.717, 1.165) is 4.90 Å². The number of nitro benzene ring substituents is 1. The molecule has 0 saturated carbocycles. The number of halogens is 3. The summed E-state index contributed by atoms with van der Waals surface area (Å²) in [5.74, 6) is 0. The maximum absolute atomic E-state index is 10.6. The van der Waals surface area contributed by atoms with Crippen LogP contribution in [0.2, 0.25) is 15.1 Å². The lowest BCUT2D eigenvalue weighted by Gasteiger charge is -2.07. The molecule has 0 unspecified atom stereocenters. The van der Waals surface area contributed by atoms with Crippen molar-refractivity contribution in [3.05, 3.63) is 61.6 Å². The van der Waals surface area contributed by atoms with Crippen LogP contribution in [-0.4, -0.2) is 4.92 Å². The standard InChI is InChI=1S/C12H6Cl3NO2S/c13-7-5-10(14)12(11(15)6-7)19-9-3-1-8(2-4-9)16(17)18/h1-6H. The van der Waals surface area contributed by atoms with Gasteiger partial charge in [0.1, 0.15) is 0 Å². The zero-order valence-electron chi connectivity index (χ0n) is 9.27. The Morgan fingerprint density at radius 3 is 2.00 bits per heavy atom. The molecule has 98 valence electrons. The molecular formula is C12H6Cl3NO2S. The van der Waals surface area contributed by atoms with Gasteiger partial charge in [0.2, 0.25) is 0 Å². The fourth-order valence-electron chi connectivity index (χ4n) is 1.38. The topological polar surface area (TPSA) is 43.1 Å². The number of nitro groups is 1. The van der Waals surface area contributed by atoms with Crippen LogP contribution in [-0.2, 0) is 0 Å². The summed E-state index contributed by atoms with van der Waals surface area (Å²) in [6.45, 7) is 0. The molecule has 19 heavy (non-hydrogen) atoms. The van der Waals surface area contributed by atoms with E-state index in [-0.39, 0.29) is 5.69 Å². The fraction of sp³-hybridized carbons (Fsp3) is 0. The Bertz CT molecular complexity index is 608. The van der Waals surface area contributed by atoms with Gasteiger partial charge in [0.15, 0.2) is 0 Å². The first-order chi connectivity index (χ1) is 8.97. The molecule has 0 saturated heterocycles. The zero-order valence-corrected chi connectivity index (χ0v) is 12.4. The Labute approximate surface area is 128 Å². The van der Waals surface area contributed by atoms with Crippen LogP contribution in [0.15, 0.2) is 46.2 Å². The highest BCUT2D eigenvalue weighted by Gasteiger charge is 2.11. The van der Waals surface area contributed by atoms with Gasteiger partial charge in [-0.05, 0) is 24.3 Å². The minimum absolute atomic E-state index is 0.0395. The molecule has 0 fully saturated rings. The van der Waals surface area contributed by atoms with Gasteiger partial charge in [-0.25, -0.2) is 0 Å². The number of rotatable bonds is 3. The summed E-state index contributed by atoms with van der Waals surface area (Å²) in [7, 11) is 0. The number of nitrogens with zero attached hydrogens (tertiary/aromatic N) is 1. The molecule has 7 heteroatoms. The van der Waals surface area contributed by atoms with Gasteiger partial charge < -0.3 is 0 Å². The summed E-state index contributed by atoms with van der Waals surface area (Å²) in [4.78, 5) is 11.6. The Kier molecular flexibility index (Phi) is 4.58. The van der Waals surface area contributed by atoms with Crippen molar-refractivity contribution in [1.82, 2.24) is 0 Å². The molecule has 0 bridgehead atoms. The van der Waals surface area contributed by atoms with Crippen LogP contribution in [0.5, 0.6) is 0 Å². The third-order valence-electron chi connectivity index (χ3n) is 2.23. The fourth-order valence-corrected chi connectivity index (χ4v) is 3.25.